The molecule has 1 aliphatic heterocycles. The van der Waals surface area contributed by atoms with Gasteiger partial charge < -0.3 is 4.90 Å². The van der Waals surface area contributed by atoms with Crippen molar-refractivity contribution < 1.29 is 0 Å². The Morgan fingerprint density at radius 1 is 1.00 bits per heavy atom. The number of hydrogen-bond donors (Lipinski definition) is 0. The van der Waals surface area contributed by atoms with Gasteiger partial charge in [0.05, 0.1) is 5.52 Å². The molecule has 0 radical (unpaired) electrons. The average Bonchev–Trinajstić information content (AvgIpc) is 2.47. The standard InChI is InChI=1S/C16H20IN3.2ClH/c1-12(2)19-7-9-20(10-8-19)16-6-3-13-11-14(17)4-5-15(13)18-16;;/h3-6,11-12H,7-10H2,1-2H3;2*1H. The predicted molar refractivity (Wildman–Crippen MR) is 108 cm³/mol. The van der Waals surface area contributed by atoms with Gasteiger partial charge in [0.2, 0.25) is 0 Å². The summed E-state index contributed by atoms with van der Waals surface area (Å²) in [5, 5.41) is 1.22. The maximum atomic E-state index is 4.81. The number of rotatable bonds is 2. The van der Waals surface area contributed by atoms with Gasteiger partial charge in [-0.2, -0.15) is 0 Å². The highest BCUT2D eigenvalue weighted by atomic mass is 127. The van der Waals surface area contributed by atoms with Gasteiger partial charge in [-0.15, -0.1) is 24.8 Å². The summed E-state index contributed by atoms with van der Waals surface area (Å²) in [7, 11) is 0. The second kappa shape index (κ2) is 8.52. The first kappa shape index (κ1) is 19.7. The number of pyridine rings is 1. The number of halogens is 3. The zero-order valence-corrected chi connectivity index (χ0v) is 16.6. The Labute approximate surface area is 158 Å². The van der Waals surface area contributed by atoms with Crippen molar-refractivity contribution in [2.45, 2.75) is 19.9 Å². The van der Waals surface area contributed by atoms with Crippen molar-refractivity contribution in [2.75, 3.05) is 31.1 Å². The molecule has 122 valence electrons. The Bertz CT molecular complexity index is 613. The lowest BCUT2D eigenvalue weighted by molar-refractivity contribution is 0.209. The summed E-state index contributed by atoms with van der Waals surface area (Å²) in [5.41, 5.74) is 1.09. The van der Waals surface area contributed by atoms with Gasteiger partial charge in [-0.1, -0.05) is 0 Å². The van der Waals surface area contributed by atoms with Crippen molar-refractivity contribution in [1.82, 2.24) is 9.88 Å². The third-order valence-electron chi connectivity index (χ3n) is 4.01. The van der Waals surface area contributed by atoms with Crippen LogP contribution in [0.25, 0.3) is 10.9 Å². The van der Waals surface area contributed by atoms with E-state index in [9.17, 15) is 0 Å². The largest absolute Gasteiger partial charge is 0.354 e. The van der Waals surface area contributed by atoms with Gasteiger partial charge in [0.1, 0.15) is 5.82 Å². The van der Waals surface area contributed by atoms with Crippen LogP contribution in [0.5, 0.6) is 0 Å². The Morgan fingerprint density at radius 2 is 1.68 bits per heavy atom. The van der Waals surface area contributed by atoms with Gasteiger partial charge in [-0.25, -0.2) is 4.98 Å². The lowest BCUT2D eigenvalue weighted by Crippen LogP contribution is -2.49. The smallest absolute Gasteiger partial charge is 0.129 e. The zero-order chi connectivity index (χ0) is 14.1. The maximum absolute atomic E-state index is 4.81. The molecule has 22 heavy (non-hydrogen) atoms. The van der Waals surface area contributed by atoms with Crippen LogP contribution in [0, 0.1) is 3.57 Å². The summed E-state index contributed by atoms with van der Waals surface area (Å²) in [4.78, 5) is 9.74. The van der Waals surface area contributed by atoms with Crippen molar-refractivity contribution in [3.8, 4) is 0 Å². The lowest BCUT2D eigenvalue weighted by Gasteiger charge is -2.37. The molecule has 0 spiro atoms. The number of nitrogens with zero attached hydrogens (tertiary/aromatic N) is 3. The molecule has 6 heteroatoms. The monoisotopic (exact) mass is 453 g/mol. The maximum Gasteiger partial charge on any atom is 0.129 e. The summed E-state index contributed by atoms with van der Waals surface area (Å²) >= 11 is 2.34. The Balaban J connectivity index is 0.00000121. The Kier molecular flexibility index (Phi) is 7.65. The second-order valence-electron chi connectivity index (χ2n) is 5.62. The quantitative estimate of drug-likeness (QED) is 0.635. The fraction of sp³-hybridized carbons (Fsp3) is 0.438. The second-order valence-corrected chi connectivity index (χ2v) is 6.87. The topological polar surface area (TPSA) is 19.4 Å². The normalized spacial score (nSPS) is 15.5. The fourth-order valence-electron chi connectivity index (χ4n) is 2.73. The minimum Gasteiger partial charge on any atom is -0.354 e. The molecule has 2 aromatic rings. The molecule has 1 fully saturated rings. The van der Waals surface area contributed by atoms with Crippen LogP contribution in [0.2, 0.25) is 0 Å². The van der Waals surface area contributed by atoms with Crippen molar-refractivity contribution in [3.05, 3.63) is 33.9 Å². The molecule has 1 saturated heterocycles. The number of fused-ring (bicyclic) bond motifs is 1. The number of hydrogen-bond acceptors (Lipinski definition) is 3. The van der Waals surface area contributed by atoms with E-state index in [0.29, 0.717) is 6.04 Å². The SMILES string of the molecule is CC(C)N1CCN(c2ccc3cc(I)ccc3n2)CC1.Cl.Cl. The van der Waals surface area contributed by atoms with Crippen molar-refractivity contribution in [1.29, 1.82) is 0 Å². The van der Waals surface area contributed by atoms with Crippen LogP contribution in [0.4, 0.5) is 5.82 Å². The van der Waals surface area contributed by atoms with Gasteiger partial charge in [-0.05, 0) is 66.8 Å². The number of piperazine rings is 1. The van der Waals surface area contributed by atoms with Gasteiger partial charge >= 0.3 is 0 Å². The Hall–Kier alpha value is -0.300. The molecule has 0 aliphatic carbocycles. The molecule has 0 saturated carbocycles. The molecule has 3 nitrogen and oxygen atoms in total. The highest BCUT2D eigenvalue weighted by Crippen LogP contribution is 2.21. The summed E-state index contributed by atoms with van der Waals surface area (Å²) < 4.78 is 1.26. The van der Waals surface area contributed by atoms with E-state index in [0.717, 1.165) is 37.5 Å². The van der Waals surface area contributed by atoms with E-state index < -0.39 is 0 Å². The van der Waals surface area contributed by atoms with Crippen LogP contribution >= 0.6 is 47.4 Å². The number of anilines is 1. The van der Waals surface area contributed by atoms with E-state index in [2.05, 4.69) is 76.6 Å². The first-order valence-corrected chi connectivity index (χ1v) is 8.27. The molecular formula is C16H22Cl2IN3. The molecular weight excluding hydrogens is 432 g/mol. The molecule has 0 unspecified atom stereocenters. The van der Waals surface area contributed by atoms with Gasteiger partial charge in [0, 0.05) is 41.2 Å². The van der Waals surface area contributed by atoms with E-state index in [1.807, 2.05) is 0 Å². The third-order valence-corrected chi connectivity index (χ3v) is 4.68. The minimum atomic E-state index is 0. The molecule has 0 amide bonds. The van der Waals surface area contributed by atoms with Crippen LogP contribution in [0.3, 0.4) is 0 Å². The lowest BCUT2D eigenvalue weighted by atomic mass is 10.2. The molecule has 3 rings (SSSR count). The van der Waals surface area contributed by atoms with E-state index in [-0.39, 0.29) is 24.8 Å². The molecule has 2 heterocycles. The molecule has 1 aromatic heterocycles. The Morgan fingerprint density at radius 3 is 2.32 bits per heavy atom. The van der Waals surface area contributed by atoms with Crippen LogP contribution in [0.1, 0.15) is 13.8 Å². The zero-order valence-electron chi connectivity index (χ0n) is 12.8. The third kappa shape index (κ3) is 4.37. The summed E-state index contributed by atoms with van der Waals surface area (Å²) in [6.45, 7) is 8.94. The van der Waals surface area contributed by atoms with Crippen LogP contribution in [0.15, 0.2) is 30.3 Å². The predicted octanol–water partition coefficient (Wildman–Crippen LogP) is 4.21. The average molecular weight is 454 g/mol. The highest BCUT2D eigenvalue weighted by Gasteiger charge is 2.19. The van der Waals surface area contributed by atoms with Crippen molar-refractivity contribution >= 4 is 64.1 Å². The number of aromatic nitrogens is 1. The highest BCUT2D eigenvalue weighted by molar-refractivity contribution is 14.1. The van der Waals surface area contributed by atoms with Gasteiger partial charge in [0.15, 0.2) is 0 Å². The first-order chi connectivity index (χ1) is 9.63. The van der Waals surface area contributed by atoms with E-state index in [1.165, 1.54) is 8.96 Å². The fourth-order valence-corrected chi connectivity index (χ4v) is 3.24. The van der Waals surface area contributed by atoms with Crippen LogP contribution in [-0.2, 0) is 0 Å². The van der Waals surface area contributed by atoms with Crippen molar-refractivity contribution in [2.24, 2.45) is 0 Å². The number of benzene rings is 1. The molecule has 0 atom stereocenters. The molecule has 1 aromatic carbocycles. The summed E-state index contributed by atoms with van der Waals surface area (Å²) in [6, 6.07) is 11.4. The van der Waals surface area contributed by atoms with Crippen LogP contribution in [-0.4, -0.2) is 42.1 Å². The molecule has 0 bridgehead atoms. The first-order valence-electron chi connectivity index (χ1n) is 7.19. The van der Waals surface area contributed by atoms with E-state index in [1.54, 1.807) is 0 Å². The van der Waals surface area contributed by atoms with E-state index >= 15 is 0 Å². The molecule has 0 N–H and O–H groups in total. The minimum absolute atomic E-state index is 0. The van der Waals surface area contributed by atoms with Gasteiger partial charge in [-0.3, -0.25) is 4.90 Å². The van der Waals surface area contributed by atoms with E-state index in [4.69, 9.17) is 4.98 Å². The molecule has 1 aliphatic rings. The van der Waals surface area contributed by atoms with Gasteiger partial charge in [0.25, 0.3) is 0 Å². The summed E-state index contributed by atoms with van der Waals surface area (Å²) in [5.74, 6) is 1.11. The van der Waals surface area contributed by atoms with Crippen molar-refractivity contribution in [3.63, 3.8) is 0 Å². The van der Waals surface area contributed by atoms with Crippen LogP contribution < -0.4 is 4.90 Å². The summed E-state index contributed by atoms with van der Waals surface area (Å²) in [6.07, 6.45) is 0.